The predicted octanol–water partition coefficient (Wildman–Crippen LogP) is 6.56. The highest BCUT2D eigenvalue weighted by Gasteiger charge is 2.27. The van der Waals surface area contributed by atoms with E-state index in [9.17, 15) is 15.0 Å². The van der Waals surface area contributed by atoms with Gasteiger partial charge in [-0.05, 0) is 12.5 Å². The molecule has 0 bridgehead atoms. The average Bonchev–Trinajstić information content (AvgIpc) is 3.16. The van der Waals surface area contributed by atoms with Gasteiger partial charge in [0.1, 0.15) is 6.10 Å². The summed E-state index contributed by atoms with van der Waals surface area (Å²) in [4.78, 5) is 15.7. The standard InChI is InChI=1S/C27H44N2O3/c1-3-4-5-6-7-8-9-10-11-12-13-14-17-20-29-21-25(28(2)22-29)26(30)23-18-15-16-19-24(23)27(31)32/h15-16,18-19,21,26,30H,3-14,17,20,22H2,1-2H3,(H,31,32). The quantitative estimate of drug-likeness (QED) is 0.267. The van der Waals surface area contributed by atoms with Gasteiger partial charge in [0.15, 0.2) is 0 Å². The molecule has 1 heterocycles. The zero-order valence-corrected chi connectivity index (χ0v) is 20.3. The van der Waals surface area contributed by atoms with Crippen molar-refractivity contribution in [2.24, 2.45) is 0 Å². The zero-order chi connectivity index (χ0) is 23.2. The van der Waals surface area contributed by atoms with Crippen molar-refractivity contribution in [2.45, 2.75) is 96.5 Å². The van der Waals surface area contributed by atoms with Crippen LogP contribution in [0.3, 0.4) is 0 Å². The van der Waals surface area contributed by atoms with Crippen LogP contribution >= 0.6 is 0 Å². The van der Waals surface area contributed by atoms with Crippen molar-refractivity contribution in [1.29, 1.82) is 0 Å². The smallest absolute Gasteiger partial charge is 0.336 e. The molecule has 5 nitrogen and oxygen atoms in total. The molecule has 180 valence electrons. The fourth-order valence-corrected chi connectivity index (χ4v) is 4.52. The lowest BCUT2D eigenvalue weighted by Crippen LogP contribution is -2.26. The second-order valence-electron chi connectivity index (χ2n) is 9.24. The third-order valence-corrected chi connectivity index (χ3v) is 6.46. The maximum absolute atomic E-state index is 11.5. The molecule has 1 unspecified atom stereocenters. The van der Waals surface area contributed by atoms with E-state index in [-0.39, 0.29) is 5.56 Å². The van der Waals surface area contributed by atoms with Crippen LogP contribution < -0.4 is 0 Å². The molecule has 0 radical (unpaired) electrons. The highest BCUT2D eigenvalue weighted by atomic mass is 16.4. The molecule has 32 heavy (non-hydrogen) atoms. The lowest BCUT2D eigenvalue weighted by atomic mass is 10.0. The Kier molecular flexibility index (Phi) is 12.3. The van der Waals surface area contributed by atoms with Crippen molar-refractivity contribution in [1.82, 2.24) is 9.80 Å². The molecule has 0 saturated heterocycles. The van der Waals surface area contributed by atoms with Crippen molar-refractivity contribution < 1.29 is 15.0 Å². The molecular formula is C27H44N2O3. The normalized spacial score (nSPS) is 14.7. The molecule has 1 aromatic rings. The molecule has 1 aromatic carbocycles. The highest BCUT2D eigenvalue weighted by Crippen LogP contribution is 2.30. The first-order chi connectivity index (χ1) is 15.5. The van der Waals surface area contributed by atoms with Crippen molar-refractivity contribution >= 4 is 5.97 Å². The molecule has 0 spiro atoms. The van der Waals surface area contributed by atoms with E-state index in [1.807, 2.05) is 18.1 Å². The Morgan fingerprint density at radius 2 is 1.44 bits per heavy atom. The highest BCUT2D eigenvalue weighted by molar-refractivity contribution is 5.89. The van der Waals surface area contributed by atoms with E-state index in [4.69, 9.17) is 0 Å². The van der Waals surface area contributed by atoms with Crippen LogP contribution in [0.1, 0.15) is 112 Å². The van der Waals surface area contributed by atoms with Gasteiger partial charge in [-0.15, -0.1) is 0 Å². The van der Waals surface area contributed by atoms with Crippen molar-refractivity contribution in [2.75, 3.05) is 20.3 Å². The third kappa shape index (κ3) is 8.85. The summed E-state index contributed by atoms with van der Waals surface area (Å²) in [5.74, 6) is -1.01. The monoisotopic (exact) mass is 444 g/mol. The molecule has 2 rings (SSSR count). The minimum Gasteiger partial charge on any atom is -0.478 e. The third-order valence-electron chi connectivity index (χ3n) is 6.46. The van der Waals surface area contributed by atoms with Gasteiger partial charge in [-0.1, -0.05) is 102 Å². The minimum atomic E-state index is -1.01. The Bertz CT molecular complexity index is 704. The van der Waals surface area contributed by atoms with E-state index in [2.05, 4.69) is 11.8 Å². The van der Waals surface area contributed by atoms with Gasteiger partial charge in [-0.2, -0.15) is 0 Å². The molecule has 1 aliphatic rings. The molecule has 1 aliphatic heterocycles. The van der Waals surface area contributed by atoms with Gasteiger partial charge < -0.3 is 20.0 Å². The van der Waals surface area contributed by atoms with E-state index in [1.54, 1.807) is 24.3 Å². The zero-order valence-electron chi connectivity index (χ0n) is 20.3. The summed E-state index contributed by atoms with van der Waals surface area (Å²) in [7, 11) is 1.95. The molecule has 0 aromatic heterocycles. The van der Waals surface area contributed by atoms with Gasteiger partial charge >= 0.3 is 5.97 Å². The van der Waals surface area contributed by atoms with Gasteiger partial charge in [-0.3, -0.25) is 0 Å². The largest absolute Gasteiger partial charge is 0.478 e. The summed E-state index contributed by atoms with van der Waals surface area (Å²) in [5.41, 5.74) is 1.36. The van der Waals surface area contributed by atoms with Crippen molar-refractivity contribution in [3.63, 3.8) is 0 Å². The van der Waals surface area contributed by atoms with E-state index < -0.39 is 12.1 Å². The van der Waals surface area contributed by atoms with Crippen molar-refractivity contribution in [3.8, 4) is 0 Å². The van der Waals surface area contributed by atoms with E-state index in [0.717, 1.165) is 25.3 Å². The Hall–Kier alpha value is -2.01. The number of rotatable bonds is 17. The Morgan fingerprint density at radius 3 is 2.00 bits per heavy atom. The number of unbranched alkanes of at least 4 members (excludes halogenated alkanes) is 12. The second kappa shape index (κ2) is 14.9. The summed E-state index contributed by atoms with van der Waals surface area (Å²) in [6.07, 6.45) is 18.6. The van der Waals surface area contributed by atoms with Crippen LogP contribution in [-0.2, 0) is 0 Å². The number of nitrogens with zero attached hydrogens (tertiary/aromatic N) is 2. The summed E-state index contributed by atoms with van der Waals surface area (Å²) in [6, 6.07) is 6.69. The number of carbonyl (C=O) groups is 1. The summed E-state index contributed by atoms with van der Waals surface area (Å²) in [6.45, 7) is 3.98. The Morgan fingerprint density at radius 1 is 0.906 bits per heavy atom. The maximum atomic E-state index is 11.5. The molecule has 0 aliphatic carbocycles. The predicted molar refractivity (Wildman–Crippen MR) is 131 cm³/mol. The van der Waals surface area contributed by atoms with Crippen molar-refractivity contribution in [3.05, 3.63) is 47.3 Å². The van der Waals surface area contributed by atoms with Gasteiger partial charge in [0.25, 0.3) is 0 Å². The molecule has 5 heteroatoms. The number of carboxylic acid groups (broad SMARTS) is 1. The number of aromatic carboxylic acids is 1. The fraction of sp³-hybridized carbons (Fsp3) is 0.667. The number of aliphatic hydroxyl groups excluding tert-OH is 1. The summed E-state index contributed by atoms with van der Waals surface area (Å²) in [5, 5.41) is 20.2. The molecule has 0 amide bonds. The van der Waals surface area contributed by atoms with E-state index in [1.165, 1.54) is 77.0 Å². The lowest BCUT2D eigenvalue weighted by molar-refractivity contribution is 0.0690. The summed E-state index contributed by atoms with van der Waals surface area (Å²) >= 11 is 0. The van der Waals surface area contributed by atoms with Gasteiger partial charge in [-0.25, -0.2) is 4.79 Å². The van der Waals surface area contributed by atoms with Crippen LogP contribution in [0.15, 0.2) is 36.2 Å². The fourth-order valence-electron chi connectivity index (χ4n) is 4.52. The number of benzene rings is 1. The number of hydrogen-bond donors (Lipinski definition) is 2. The first kappa shape index (κ1) is 26.2. The van der Waals surface area contributed by atoms with Gasteiger partial charge in [0.05, 0.1) is 17.9 Å². The van der Waals surface area contributed by atoms with Gasteiger partial charge in [0, 0.05) is 25.4 Å². The number of likely N-dealkylation sites (N-methyl/N-ethyl adjacent to an activating group) is 1. The number of hydrogen-bond acceptors (Lipinski definition) is 4. The van der Waals surface area contributed by atoms with Crippen LogP contribution in [0, 0.1) is 0 Å². The maximum Gasteiger partial charge on any atom is 0.336 e. The molecule has 2 N–H and O–H groups in total. The van der Waals surface area contributed by atoms with E-state index in [0.29, 0.717) is 5.56 Å². The molecular weight excluding hydrogens is 400 g/mol. The van der Waals surface area contributed by atoms with E-state index >= 15 is 0 Å². The van der Waals surface area contributed by atoms with Crippen LogP contribution in [0.25, 0.3) is 0 Å². The number of aliphatic hydroxyl groups is 1. The minimum absolute atomic E-state index is 0.157. The van der Waals surface area contributed by atoms with Crippen LogP contribution in [0.5, 0.6) is 0 Å². The SMILES string of the molecule is CCCCCCCCCCCCCCCN1C=C(C(O)c2ccccc2C(=O)O)N(C)C1. The van der Waals surface area contributed by atoms with Crippen LogP contribution in [-0.4, -0.2) is 46.2 Å². The first-order valence-electron chi connectivity index (χ1n) is 12.7. The molecule has 1 atom stereocenters. The Labute approximate surface area is 195 Å². The van der Waals surface area contributed by atoms with Crippen LogP contribution in [0.4, 0.5) is 0 Å². The summed E-state index contributed by atoms with van der Waals surface area (Å²) < 4.78 is 0. The Balaban J connectivity index is 1.61. The lowest BCUT2D eigenvalue weighted by Gasteiger charge is -2.22. The van der Waals surface area contributed by atoms with Gasteiger partial charge in [0.2, 0.25) is 0 Å². The molecule has 0 fully saturated rings. The number of carboxylic acids is 1. The van der Waals surface area contributed by atoms with Crippen LogP contribution in [0.2, 0.25) is 0 Å². The molecule has 0 saturated carbocycles. The second-order valence-corrected chi connectivity index (χ2v) is 9.24. The first-order valence-corrected chi connectivity index (χ1v) is 12.7. The topological polar surface area (TPSA) is 64.0 Å². The average molecular weight is 445 g/mol.